The smallest absolute Gasteiger partial charge is 0.127 e. The Kier molecular flexibility index (Phi) is 2.63. The average Bonchev–Trinajstić information content (AvgIpc) is 2.81. The number of aromatic amines is 1. The lowest BCUT2D eigenvalue weighted by atomic mass is 10.1. The van der Waals surface area contributed by atoms with Crippen LogP contribution >= 0.6 is 0 Å². The quantitative estimate of drug-likeness (QED) is 0.832. The molecule has 0 aliphatic carbocycles. The fourth-order valence-electron chi connectivity index (χ4n) is 1.53. The second-order valence-corrected chi connectivity index (χ2v) is 3.17. The van der Waals surface area contributed by atoms with E-state index >= 15 is 0 Å². The lowest BCUT2D eigenvalue weighted by Crippen LogP contribution is -1.89. The second-order valence-electron chi connectivity index (χ2n) is 3.17. The van der Waals surface area contributed by atoms with Gasteiger partial charge in [0.05, 0.1) is 14.2 Å². The van der Waals surface area contributed by atoms with E-state index in [4.69, 9.17) is 9.47 Å². The number of hydrogen-bond donors (Lipinski definition) is 1. The topological polar surface area (TPSA) is 34.2 Å². The molecule has 78 valence electrons. The highest BCUT2D eigenvalue weighted by Gasteiger charge is 2.07. The van der Waals surface area contributed by atoms with Gasteiger partial charge in [0.1, 0.15) is 11.5 Å². The Morgan fingerprint density at radius 3 is 2.53 bits per heavy atom. The van der Waals surface area contributed by atoms with Gasteiger partial charge in [0, 0.05) is 23.5 Å². The number of aromatic nitrogens is 1. The zero-order chi connectivity index (χ0) is 10.7. The molecule has 2 aromatic rings. The third kappa shape index (κ3) is 1.81. The van der Waals surface area contributed by atoms with E-state index in [2.05, 4.69) is 4.98 Å². The predicted octanol–water partition coefficient (Wildman–Crippen LogP) is 2.70. The monoisotopic (exact) mass is 203 g/mol. The van der Waals surface area contributed by atoms with E-state index in [1.54, 1.807) is 14.2 Å². The number of ether oxygens (including phenoxy) is 2. The van der Waals surface area contributed by atoms with E-state index in [0.29, 0.717) is 0 Å². The molecule has 2 rings (SSSR count). The molecule has 15 heavy (non-hydrogen) atoms. The molecule has 0 aliphatic rings. The molecule has 0 radical (unpaired) electrons. The van der Waals surface area contributed by atoms with Crippen LogP contribution in [0.5, 0.6) is 11.5 Å². The molecule has 1 N–H and O–H groups in total. The van der Waals surface area contributed by atoms with Gasteiger partial charge in [0.25, 0.3) is 0 Å². The van der Waals surface area contributed by atoms with Gasteiger partial charge in [-0.05, 0) is 24.3 Å². The highest BCUT2D eigenvalue weighted by Crippen LogP contribution is 2.32. The van der Waals surface area contributed by atoms with Crippen molar-refractivity contribution in [2.45, 2.75) is 0 Å². The summed E-state index contributed by atoms with van der Waals surface area (Å²) >= 11 is 0. The normalized spacial score (nSPS) is 10.0. The van der Waals surface area contributed by atoms with Crippen LogP contribution in [0.25, 0.3) is 11.1 Å². The molecule has 0 bridgehead atoms. The minimum Gasteiger partial charge on any atom is -0.497 e. The summed E-state index contributed by atoms with van der Waals surface area (Å²) in [6.45, 7) is 0. The first-order valence-electron chi connectivity index (χ1n) is 4.70. The maximum Gasteiger partial charge on any atom is 0.127 e. The summed E-state index contributed by atoms with van der Waals surface area (Å²) in [4.78, 5) is 3.02. The maximum atomic E-state index is 5.30. The number of benzene rings is 1. The Bertz CT molecular complexity index is 435. The fourth-order valence-corrected chi connectivity index (χ4v) is 1.53. The van der Waals surface area contributed by atoms with Gasteiger partial charge in [-0.25, -0.2) is 0 Å². The van der Waals surface area contributed by atoms with Crippen molar-refractivity contribution in [1.82, 2.24) is 4.98 Å². The lowest BCUT2D eigenvalue weighted by Gasteiger charge is -2.08. The van der Waals surface area contributed by atoms with Crippen LogP contribution in [0.2, 0.25) is 0 Å². The Morgan fingerprint density at radius 2 is 1.93 bits per heavy atom. The largest absolute Gasteiger partial charge is 0.497 e. The van der Waals surface area contributed by atoms with E-state index in [0.717, 1.165) is 22.6 Å². The second kappa shape index (κ2) is 4.09. The van der Waals surface area contributed by atoms with Gasteiger partial charge < -0.3 is 14.5 Å². The van der Waals surface area contributed by atoms with Gasteiger partial charge in [-0.1, -0.05) is 0 Å². The molecular weight excluding hydrogens is 190 g/mol. The van der Waals surface area contributed by atoms with Gasteiger partial charge in [-0.15, -0.1) is 0 Å². The van der Waals surface area contributed by atoms with Crippen molar-refractivity contribution in [3.63, 3.8) is 0 Å². The van der Waals surface area contributed by atoms with Crippen molar-refractivity contribution in [3.05, 3.63) is 36.7 Å². The van der Waals surface area contributed by atoms with E-state index in [-0.39, 0.29) is 0 Å². The first kappa shape index (κ1) is 9.65. The standard InChI is InChI=1S/C12H13NO2/c1-14-10-3-4-12(15-2)11(7-10)9-5-6-13-8-9/h3-8,13H,1-2H3. The molecule has 0 spiro atoms. The molecule has 0 fully saturated rings. The molecule has 0 saturated heterocycles. The summed E-state index contributed by atoms with van der Waals surface area (Å²) in [5.74, 6) is 1.67. The van der Waals surface area contributed by atoms with Crippen LogP contribution < -0.4 is 9.47 Å². The van der Waals surface area contributed by atoms with Crippen molar-refractivity contribution < 1.29 is 9.47 Å². The van der Waals surface area contributed by atoms with Crippen molar-refractivity contribution in [2.75, 3.05) is 14.2 Å². The Labute approximate surface area is 88.7 Å². The molecule has 0 saturated carbocycles. The molecule has 0 atom stereocenters. The minimum atomic E-state index is 0.826. The van der Waals surface area contributed by atoms with Crippen molar-refractivity contribution in [2.24, 2.45) is 0 Å². The summed E-state index contributed by atoms with van der Waals surface area (Å²) in [5, 5.41) is 0. The fraction of sp³-hybridized carbons (Fsp3) is 0.167. The lowest BCUT2D eigenvalue weighted by molar-refractivity contribution is 0.404. The van der Waals surface area contributed by atoms with Gasteiger partial charge in [-0.3, -0.25) is 0 Å². The highest BCUT2D eigenvalue weighted by molar-refractivity contribution is 5.71. The number of rotatable bonds is 3. The van der Waals surface area contributed by atoms with Crippen LogP contribution in [0.1, 0.15) is 0 Å². The molecule has 0 unspecified atom stereocenters. The zero-order valence-corrected chi connectivity index (χ0v) is 8.78. The maximum absolute atomic E-state index is 5.30. The van der Waals surface area contributed by atoms with Crippen LogP contribution in [0.3, 0.4) is 0 Å². The number of methoxy groups -OCH3 is 2. The number of H-pyrrole nitrogens is 1. The van der Waals surface area contributed by atoms with E-state index in [9.17, 15) is 0 Å². The van der Waals surface area contributed by atoms with Gasteiger partial charge in [-0.2, -0.15) is 0 Å². The van der Waals surface area contributed by atoms with Crippen molar-refractivity contribution >= 4 is 0 Å². The number of nitrogens with one attached hydrogen (secondary N) is 1. The number of hydrogen-bond acceptors (Lipinski definition) is 2. The van der Waals surface area contributed by atoms with Gasteiger partial charge >= 0.3 is 0 Å². The van der Waals surface area contributed by atoms with Crippen LogP contribution in [-0.2, 0) is 0 Å². The molecule has 1 aromatic carbocycles. The summed E-state index contributed by atoms with van der Waals surface area (Å²) in [6, 6.07) is 7.75. The zero-order valence-electron chi connectivity index (χ0n) is 8.78. The first-order valence-corrected chi connectivity index (χ1v) is 4.70. The summed E-state index contributed by atoms with van der Waals surface area (Å²) in [7, 11) is 3.32. The minimum absolute atomic E-state index is 0.826. The average molecular weight is 203 g/mol. The first-order chi connectivity index (χ1) is 7.35. The third-order valence-corrected chi connectivity index (χ3v) is 2.32. The van der Waals surface area contributed by atoms with Crippen molar-refractivity contribution in [3.8, 4) is 22.6 Å². The van der Waals surface area contributed by atoms with E-state index in [1.165, 1.54) is 0 Å². The molecule has 0 amide bonds. The van der Waals surface area contributed by atoms with Crippen LogP contribution in [0.15, 0.2) is 36.7 Å². The van der Waals surface area contributed by atoms with Gasteiger partial charge in [0.15, 0.2) is 0 Å². The van der Waals surface area contributed by atoms with E-state index < -0.39 is 0 Å². The summed E-state index contributed by atoms with van der Waals surface area (Å²) < 4.78 is 10.5. The molecule has 3 nitrogen and oxygen atoms in total. The molecular formula is C12H13NO2. The SMILES string of the molecule is COc1ccc(OC)c(-c2cc[nH]c2)c1. The van der Waals surface area contributed by atoms with E-state index in [1.807, 2.05) is 36.7 Å². The predicted molar refractivity (Wildman–Crippen MR) is 59.3 cm³/mol. The van der Waals surface area contributed by atoms with Crippen LogP contribution in [-0.4, -0.2) is 19.2 Å². The van der Waals surface area contributed by atoms with Crippen LogP contribution in [0, 0.1) is 0 Å². The molecule has 1 heterocycles. The van der Waals surface area contributed by atoms with Crippen molar-refractivity contribution in [1.29, 1.82) is 0 Å². The molecule has 1 aromatic heterocycles. The summed E-state index contributed by atoms with van der Waals surface area (Å²) in [5.41, 5.74) is 2.11. The van der Waals surface area contributed by atoms with Gasteiger partial charge in [0.2, 0.25) is 0 Å². The Morgan fingerprint density at radius 1 is 1.07 bits per heavy atom. The summed E-state index contributed by atoms with van der Waals surface area (Å²) in [6.07, 6.45) is 3.81. The Balaban J connectivity index is 2.52. The molecule has 3 heteroatoms. The van der Waals surface area contributed by atoms with Crippen LogP contribution in [0.4, 0.5) is 0 Å². The molecule has 0 aliphatic heterocycles. The Hall–Kier alpha value is -1.90. The highest BCUT2D eigenvalue weighted by atomic mass is 16.5. The third-order valence-electron chi connectivity index (χ3n) is 2.32.